The summed E-state index contributed by atoms with van der Waals surface area (Å²) in [5.41, 5.74) is 0. The molecule has 1 saturated carbocycles. The molecule has 0 amide bonds. The number of esters is 2. The minimum Gasteiger partial charge on any atom is -0.462 e. The lowest BCUT2D eigenvalue weighted by molar-refractivity contribution is -0.220. The molecule has 0 heterocycles. The van der Waals surface area contributed by atoms with Crippen molar-refractivity contribution in [2.45, 2.75) is 236 Å². The molecule has 0 bridgehead atoms. The lowest BCUT2D eigenvalue weighted by Gasteiger charge is -2.41. The largest absolute Gasteiger partial charge is 0.472 e. The summed E-state index contributed by atoms with van der Waals surface area (Å²) in [5, 5.41) is 50.2. The normalized spacial score (nSPS) is 22.3. The molecule has 1 aliphatic rings. The average molecular weight is 889 g/mol. The number of phosphoric acid groups is 1. The van der Waals surface area contributed by atoms with Gasteiger partial charge in [0.2, 0.25) is 0 Å². The van der Waals surface area contributed by atoms with Gasteiger partial charge in [-0.15, -0.1) is 0 Å². The van der Waals surface area contributed by atoms with Crippen LogP contribution in [0.4, 0.5) is 0 Å². The molecule has 6 unspecified atom stereocenters. The molecule has 0 aromatic rings. The number of hydrogen-bond acceptors (Lipinski definition) is 12. The van der Waals surface area contributed by atoms with E-state index in [1.807, 2.05) is 0 Å². The molecule has 6 N–H and O–H groups in total. The highest BCUT2D eigenvalue weighted by Crippen LogP contribution is 2.47. The second kappa shape index (κ2) is 37.4. The summed E-state index contributed by atoms with van der Waals surface area (Å²) in [4.78, 5) is 35.7. The molecule has 14 heteroatoms. The Bertz CT molecular complexity index is 1210. The van der Waals surface area contributed by atoms with Gasteiger partial charge < -0.3 is 39.9 Å². The minimum atomic E-state index is -5.12. The SMILES string of the molecule is CCCCC/C=C/C/C=C/CCCCCCCCCCCC(=O)O[C@H](COC(=O)CCCCCCC/C=C/CCCCCC)COP(=O)(O)OC1C(O)C(O)C(O)[C@H](O)C1O. The van der Waals surface area contributed by atoms with Gasteiger partial charge in [0, 0.05) is 12.8 Å². The van der Waals surface area contributed by atoms with E-state index < -0.39 is 75.7 Å². The van der Waals surface area contributed by atoms with Gasteiger partial charge in [-0.25, -0.2) is 4.57 Å². The summed E-state index contributed by atoms with van der Waals surface area (Å²) in [5.74, 6) is -1.11. The zero-order valence-corrected chi connectivity index (χ0v) is 38.6. The monoisotopic (exact) mass is 889 g/mol. The number of phosphoric ester groups is 1. The molecule has 1 aliphatic carbocycles. The van der Waals surface area contributed by atoms with Crippen molar-refractivity contribution in [2.24, 2.45) is 0 Å². The summed E-state index contributed by atoms with van der Waals surface area (Å²) in [6, 6.07) is 0. The lowest BCUT2D eigenvalue weighted by Crippen LogP contribution is -2.64. The first kappa shape index (κ1) is 57.1. The van der Waals surface area contributed by atoms with Crippen LogP contribution in [0.1, 0.15) is 194 Å². The Kier molecular flexibility index (Phi) is 35.0. The molecule has 1 rings (SSSR count). The summed E-state index contributed by atoms with van der Waals surface area (Å²) >= 11 is 0. The van der Waals surface area contributed by atoms with Crippen LogP contribution in [0, 0.1) is 0 Å². The maximum atomic E-state index is 12.8. The molecule has 61 heavy (non-hydrogen) atoms. The van der Waals surface area contributed by atoms with Gasteiger partial charge in [-0.2, -0.15) is 0 Å². The Hall–Kier alpha value is -1.93. The lowest BCUT2D eigenvalue weighted by atomic mass is 9.85. The fourth-order valence-electron chi connectivity index (χ4n) is 7.08. The average Bonchev–Trinajstić information content (AvgIpc) is 3.24. The molecule has 0 aromatic carbocycles. The summed E-state index contributed by atoms with van der Waals surface area (Å²) in [7, 11) is -5.12. The second-order valence-corrected chi connectivity index (χ2v) is 18.0. The van der Waals surface area contributed by atoms with Gasteiger partial charge in [0.1, 0.15) is 43.2 Å². The number of unbranched alkanes of at least 4 members (excludes halogenated alkanes) is 21. The van der Waals surface area contributed by atoms with Crippen LogP contribution in [-0.2, 0) is 32.7 Å². The van der Waals surface area contributed by atoms with Gasteiger partial charge >= 0.3 is 19.8 Å². The van der Waals surface area contributed by atoms with Crippen LogP contribution in [0.3, 0.4) is 0 Å². The summed E-state index contributed by atoms with van der Waals surface area (Å²) < 4.78 is 33.5. The fourth-order valence-corrected chi connectivity index (χ4v) is 8.05. The van der Waals surface area contributed by atoms with Crippen molar-refractivity contribution in [1.29, 1.82) is 0 Å². The molecule has 1 fully saturated rings. The van der Waals surface area contributed by atoms with Crippen LogP contribution in [0.5, 0.6) is 0 Å². The van der Waals surface area contributed by atoms with E-state index in [4.69, 9.17) is 18.5 Å². The number of aliphatic hydroxyl groups is 5. The Morgan fingerprint density at radius 2 is 0.885 bits per heavy atom. The molecular formula is C47H85O13P. The zero-order chi connectivity index (χ0) is 45.0. The van der Waals surface area contributed by atoms with Crippen LogP contribution in [0.2, 0.25) is 0 Å². The Labute approximate surface area is 368 Å². The molecule has 0 spiro atoms. The van der Waals surface area contributed by atoms with Crippen molar-refractivity contribution in [3.8, 4) is 0 Å². The molecule has 0 radical (unpaired) electrons. The predicted molar refractivity (Wildman–Crippen MR) is 240 cm³/mol. The number of carbonyl (C=O) groups excluding carboxylic acids is 2. The quantitative estimate of drug-likeness (QED) is 0.0147. The maximum absolute atomic E-state index is 12.8. The molecule has 0 aliphatic heterocycles. The highest BCUT2D eigenvalue weighted by atomic mass is 31.2. The first-order valence-electron chi connectivity index (χ1n) is 23.8. The first-order valence-corrected chi connectivity index (χ1v) is 25.3. The van der Waals surface area contributed by atoms with Crippen LogP contribution in [0.25, 0.3) is 0 Å². The van der Waals surface area contributed by atoms with Crippen LogP contribution < -0.4 is 0 Å². The van der Waals surface area contributed by atoms with E-state index in [9.17, 15) is 44.6 Å². The van der Waals surface area contributed by atoms with Gasteiger partial charge in [0.25, 0.3) is 0 Å². The molecule has 13 nitrogen and oxygen atoms in total. The summed E-state index contributed by atoms with van der Waals surface area (Å²) in [6.45, 7) is 3.25. The Morgan fingerprint density at radius 3 is 1.38 bits per heavy atom. The topological polar surface area (TPSA) is 210 Å². The zero-order valence-electron chi connectivity index (χ0n) is 37.7. The number of rotatable bonds is 39. The number of allylic oxidation sites excluding steroid dienone is 6. The van der Waals surface area contributed by atoms with E-state index in [0.29, 0.717) is 12.8 Å². The third-order valence-electron chi connectivity index (χ3n) is 11.0. The van der Waals surface area contributed by atoms with E-state index in [0.717, 1.165) is 77.0 Å². The number of ether oxygens (including phenoxy) is 2. The third-order valence-corrected chi connectivity index (χ3v) is 11.9. The Morgan fingerprint density at radius 1 is 0.508 bits per heavy atom. The molecule has 356 valence electrons. The highest BCUT2D eigenvalue weighted by molar-refractivity contribution is 7.47. The van der Waals surface area contributed by atoms with Crippen molar-refractivity contribution in [3.63, 3.8) is 0 Å². The smallest absolute Gasteiger partial charge is 0.462 e. The van der Waals surface area contributed by atoms with Crippen molar-refractivity contribution in [3.05, 3.63) is 36.5 Å². The summed E-state index contributed by atoms with van der Waals surface area (Å²) in [6.07, 6.45) is 29.1. The van der Waals surface area contributed by atoms with Gasteiger partial charge in [0.15, 0.2) is 6.10 Å². The molecular weight excluding hydrogens is 803 g/mol. The number of aliphatic hydroxyl groups excluding tert-OH is 5. The van der Waals surface area contributed by atoms with Crippen LogP contribution >= 0.6 is 7.82 Å². The second-order valence-electron chi connectivity index (χ2n) is 16.6. The van der Waals surface area contributed by atoms with E-state index in [1.54, 1.807) is 0 Å². The fraction of sp³-hybridized carbons (Fsp3) is 0.830. The van der Waals surface area contributed by atoms with Gasteiger partial charge in [-0.3, -0.25) is 18.6 Å². The van der Waals surface area contributed by atoms with Crippen molar-refractivity contribution >= 4 is 19.8 Å². The molecule has 0 saturated heterocycles. The van der Waals surface area contributed by atoms with Gasteiger partial charge in [0.05, 0.1) is 6.61 Å². The standard InChI is InChI=1S/C47H85O13P/c1-3-5-7-9-11-13-15-17-18-19-20-21-22-24-26-28-30-32-34-36-41(49)59-39(38-58-61(55,56)60-47-45(53)43(51)42(50)44(52)46(47)54)37-57-40(48)35-33-31-29-27-25-23-16-14-12-10-8-6-4-2/h11,13-14,16-18,39,42-47,50-54H,3-10,12,15,19-38H2,1-2H3,(H,55,56)/b13-11+,16-14+,18-17+/t39-,42?,43+,44?,45?,46?,47?/m1/s1. The third kappa shape index (κ3) is 30.0. The molecule has 8 atom stereocenters. The van der Waals surface area contributed by atoms with Crippen molar-refractivity contribution in [2.75, 3.05) is 13.2 Å². The van der Waals surface area contributed by atoms with E-state index in [1.165, 1.54) is 77.0 Å². The Balaban J connectivity index is 2.44. The maximum Gasteiger partial charge on any atom is 0.472 e. The van der Waals surface area contributed by atoms with E-state index in [-0.39, 0.29) is 12.8 Å². The minimum absolute atomic E-state index is 0.0905. The highest BCUT2D eigenvalue weighted by Gasteiger charge is 2.51. The van der Waals surface area contributed by atoms with E-state index in [2.05, 4.69) is 50.3 Å². The van der Waals surface area contributed by atoms with E-state index >= 15 is 0 Å². The number of hydrogen-bond donors (Lipinski definition) is 6. The van der Waals surface area contributed by atoms with Crippen LogP contribution in [0.15, 0.2) is 36.5 Å². The van der Waals surface area contributed by atoms with Crippen molar-refractivity contribution in [1.82, 2.24) is 0 Å². The predicted octanol–water partition coefficient (Wildman–Crippen LogP) is 9.39. The van der Waals surface area contributed by atoms with Crippen molar-refractivity contribution < 1.29 is 63.1 Å². The number of carbonyl (C=O) groups is 2. The van der Waals surface area contributed by atoms with Gasteiger partial charge in [-0.1, -0.05) is 147 Å². The van der Waals surface area contributed by atoms with Crippen LogP contribution in [-0.4, -0.2) is 98.3 Å². The first-order chi connectivity index (χ1) is 29.4. The molecule has 0 aromatic heterocycles. The van der Waals surface area contributed by atoms with Gasteiger partial charge in [-0.05, 0) is 70.6 Å².